The number of amides is 1. The van der Waals surface area contributed by atoms with Gasteiger partial charge < -0.3 is 10.1 Å². The summed E-state index contributed by atoms with van der Waals surface area (Å²) in [6, 6.07) is 4.92. The number of ether oxygens (including phenoxy) is 1. The number of carbonyl (C=O) groups is 1. The molecule has 9 heteroatoms. The molecule has 0 saturated carbocycles. The lowest BCUT2D eigenvalue weighted by molar-refractivity contribution is 0.0161. The molecule has 1 aliphatic heterocycles. The fraction of sp³-hybridized carbons (Fsp3) is 0.444. The minimum atomic E-state index is -0.537. The number of morpholine rings is 1. The predicted octanol–water partition coefficient (Wildman–Crippen LogP) is -0.718. The molecule has 0 spiro atoms. The van der Waals surface area contributed by atoms with Gasteiger partial charge in [-0.05, 0) is 11.6 Å². The first-order valence-electron chi connectivity index (χ1n) is 8.76. The Labute approximate surface area is 156 Å². The number of pyridine rings is 1. The van der Waals surface area contributed by atoms with Gasteiger partial charge in [0.05, 0.1) is 19.3 Å². The van der Waals surface area contributed by atoms with Gasteiger partial charge in [0.25, 0.3) is 11.5 Å². The zero-order chi connectivity index (χ0) is 19.4. The third-order valence-corrected chi connectivity index (χ3v) is 4.77. The van der Waals surface area contributed by atoms with Crippen LogP contribution in [0.25, 0.3) is 0 Å². The van der Waals surface area contributed by atoms with Crippen LogP contribution >= 0.6 is 0 Å². The first-order chi connectivity index (χ1) is 13.0. The molecule has 9 nitrogen and oxygen atoms in total. The van der Waals surface area contributed by atoms with Crippen LogP contribution in [0.4, 0.5) is 0 Å². The Bertz CT molecular complexity index is 916. The lowest BCUT2D eigenvalue weighted by Crippen LogP contribution is -2.45. The first-order valence-corrected chi connectivity index (χ1v) is 8.76. The highest BCUT2D eigenvalue weighted by Gasteiger charge is 2.24. The maximum absolute atomic E-state index is 12.6. The van der Waals surface area contributed by atoms with E-state index in [4.69, 9.17) is 4.74 Å². The summed E-state index contributed by atoms with van der Waals surface area (Å²) in [4.78, 5) is 42.9. The van der Waals surface area contributed by atoms with Gasteiger partial charge in [-0.1, -0.05) is 6.07 Å². The Hall–Kier alpha value is -2.78. The van der Waals surface area contributed by atoms with Gasteiger partial charge in [0.15, 0.2) is 0 Å². The molecule has 3 rings (SSSR count). The summed E-state index contributed by atoms with van der Waals surface area (Å²) in [7, 11) is 2.85. The Kier molecular flexibility index (Phi) is 5.82. The van der Waals surface area contributed by atoms with E-state index >= 15 is 0 Å². The number of carbonyl (C=O) groups excluding carboxylic acids is 1. The SMILES string of the molecule is Cn1c(C(=O)NC[C@H](c2cccnc2)N2CCOCC2)cc(=O)n(C)c1=O. The van der Waals surface area contributed by atoms with Crippen LogP contribution in [0.5, 0.6) is 0 Å². The van der Waals surface area contributed by atoms with Crippen LogP contribution in [-0.2, 0) is 18.8 Å². The number of nitrogens with one attached hydrogen (secondary N) is 1. The highest BCUT2D eigenvalue weighted by Crippen LogP contribution is 2.20. The number of aromatic nitrogens is 3. The third-order valence-electron chi connectivity index (χ3n) is 4.77. The molecule has 1 aliphatic rings. The summed E-state index contributed by atoms with van der Waals surface area (Å²) in [5.74, 6) is -0.463. The predicted molar refractivity (Wildman–Crippen MR) is 98.6 cm³/mol. The van der Waals surface area contributed by atoms with E-state index < -0.39 is 17.2 Å². The topological polar surface area (TPSA) is 98.5 Å². The molecule has 1 fully saturated rings. The molecule has 144 valence electrons. The van der Waals surface area contributed by atoms with Crippen LogP contribution in [0.2, 0.25) is 0 Å². The number of rotatable bonds is 5. The standard InChI is InChI=1S/C18H23N5O4/c1-21-14(10-16(24)22(2)18(21)26)17(25)20-12-15(13-4-3-5-19-11-13)23-6-8-27-9-7-23/h3-5,10-11,15H,6-9,12H2,1-2H3,(H,20,25)/t15-/m1/s1. The van der Waals surface area contributed by atoms with Crippen molar-refractivity contribution in [2.24, 2.45) is 14.1 Å². The zero-order valence-electron chi connectivity index (χ0n) is 15.4. The lowest BCUT2D eigenvalue weighted by atomic mass is 10.1. The minimum absolute atomic E-state index is 0.0371. The van der Waals surface area contributed by atoms with E-state index in [0.717, 1.165) is 23.2 Å². The summed E-state index contributed by atoms with van der Waals surface area (Å²) in [5.41, 5.74) is -0.0301. The zero-order valence-corrected chi connectivity index (χ0v) is 15.4. The molecule has 0 aliphatic carbocycles. The molecular weight excluding hydrogens is 350 g/mol. The van der Waals surface area contributed by atoms with Crippen LogP contribution < -0.4 is 16.6 Å². The van der Waals surface area contributed by atoms with Crippen molar-refractivity contribution in [1.29, 1.82) is 0 Å². The van der Waals surface area contributed by atoms with Gasteiger partial charge in [-0.25, -0.2) is 4.79 Å². The Morgan fingerprint density at radius 3 is 2.67 bits per heavy atom. The molecule has 0 bridgehead atoms. The molecule has 0 unspecified atom stereocenters. The average Bonchev–Trinajstić information content (AvgIpc) is 2.70. The monoisotopic (exact) mass is 373 g/mol. The van der Waals surface area contributed by atoms with Crippen LogP contribution in [-0.4, -0.2) is 57.8 Å². The van der Waals surface area contributed by atoms with Gasteiger partial charge in [-0.3, -0.25) is 28.6 Å². The summed E-state index contributed by atoms with van der Waals surface area (Å²) in [5, 5.41) is 2.85. The van der Waals surface area contributed by atoms with Crippen molar-refractivity contribution in [1.82, 2.24) is 24.3 Å². The highest BCUT2D eigenvalue weighted by molar-refractivity contribution is 5.92. The van der Waals surface area contributed by atoms with Gasteiger partial charge in [0, 0.05) is 52.2 Å². The van der Waals surface area contributed by atoms with Crippen LogP contribution in [0.3, 0.4) is 0 Å². The molecular formula is C18H23N5O4. The summed E-state index contributed by atoms with van der Waals surface area (Å²) < 4.78 is 7.55. The fourth-order valence-corrected chi connectivity index (χ4v) is 3.15. The minimum Gasteiger partial charge on any atom is -0.379 e. The molecule has 1 N–H and O–H groups in total. The maximum atomic E-state index is 12.6. The summed E-state index contributed by atoms with van der Waals surface area (Å²) in [6.45, 7) is 3.09. The molecule has 2 aromatic heterocycles. The second kappa shape index (κ2) is 8.28. The second-order valence-electron chi connectivity index (χ2n) is 6.43. The van der Waals surface area contributed by atoms with E-state index in [1.165, 1.54) is 24.7 Å². The summed E-state index contributed by atoms with van der Waals surface area (Å²) >= 11 is 0. The van der Waals surface area contributed by atoms with Crippen LogP contribution in [0.1, 0.15) is 22.1 Å². The van der Waals surface area contributed by atoms with Crippen LogP contribution in [0.15, 0.2) is 40.2 Å². The lowest BCUT2D eigenvalue weighted by Gasteiger charge is -2.34. The number of nitrogens with zero attached hydrogens (tertiary/aromatic N) is 4. The van der Waals surface area contributed by atoms with E-state index in [1.807, 2.05) is 12.1 Å². The van der Waals surface area contributed by atoms with E-state index in [-0.39, 0.29) is 11.7 Å². The van der Waals surface area contributed by atoms with Gasteiger partial charge in [0.1, 0.15) is 5.69 Å². The van der Waals surface area contributed by atoms with Crippen molar-refractivity contribution in [3.8, 4) is 0 Å². The van der Waals surface area contributed by atoms with E-state index in [2.05, 4.69) is 15.2 Å². The summed E-state index contributed by atoms with van der Waals surface area (Å²) in [6.07, 6.45) is 3.48. The quantitative estimate of drug-likeness (QED) is 0.743. The Balaban J connectivity index is 1.80. The van der Waals surface area contributed by atoms with Gasteiger partial charge in [0.2, 0.25) is 0 Å². The fourth-order valence-electron chi connectivity index (χ4n) is 3.15. The van der Waals surface area contributed by atoms with E-state index in [0.29, 0.717) is 19.8 Å². The molecule has 2 aromatic rings. The van der Waals surface area contributed by atoms with Gasteiger partial charge in [-0.2, -0.15) is 0 Å². The number of hydrogen-bond donors (Lipinski definition) is 1. The second-order valence-corrected chi connectivity index (χ2v) is 6.43. The number of hydrogen-bond acceptors (Lipinski definition) is 6. The average molecular weight is 373 g/mol. The largest absolute Gasteiger partial charge is 0.379 e. The molecule has 1 amide bonds. The van der Waals surface area contributed by atoms with Crippen molar-refractivity contribution in [2.45, 2.75) is 6.04 Å². The molecule has 3 heterocycles. The van der Waals surface area contributed by atoms with E-state index in [9.17, 15) is 14.4 Å². The van der Waals surface area contributed by atoms with Crippen molar-refractivity contribution in [3.63, 3.8) is 0 Å². The van der Waals surface area contributed by atoms with Crippen molar-refractivity contribution in [3.05, 3.63) is 62.7 Å². The highest BCUT2D eigenvalue weighted by atomic mass is 16.5. The van der Waals surface area contributed by atoms with Crippen molar-refractivity contribution in [2.75, 3.05) is 32.8 Å². The third kappa shape index (κ3) is 4.15. The normalized spacial score (nSPS) is 16.1. The van der Waals surface area contributed by atoms with E-state index in [1.54, 1.807) is 12.4 Å². The molecule has 1 atom stereocenters. The van der Waals surface area contributed by atoms with Crippen molar-refractivity contribution >= 4 is 5.91 Å². The van der Waals surface area contributed by atoms with Crippen molar-refractivity contribution < 1.29 is 9.53 Å². The molecule has 0 aromatic carbocycles. The Morgan fingerprint density at radius 2 is 2.00 bits per heavy atom. The molecule has 0 radical (unpaired) electrons. The smallest absolute Gasteiger partial charge is 0.331 e. The van der Waals surface area contributed by atoms with Crippen LogP contribution in [0, 0.1) is 0 Å². The van der Waals surface area contributed by atoms with Gasteiger partial charge >= 0.3 is 5.69 Å². The molecule has 27 heavy (non-hydrogen) atoms. The first kappa shape index (κ1) is 19.0. The molecule has 1 saturated heterocycles. The maximum Gasteiger partial charge on any atom is 0.331 e. The Morgan fingerprint density at radius 1 is 1.26 bits per heavy atom. The van der Waals surface area contributed by atoms with Gasteiger partial charge in [-0.15, -0.1) is 0 Å².